The van der Waals surface area contributed by atoms with Crippen LogP contribution in [-0.2, 0) is 4.79 Å². The van der Waals surface area contributed by atoms with Crippen LogP contribution in [0.3, 0.4) is 0 Å². The first kappa shape index (κ1) is 10.9. The van der Waals surface area contributed by atoms with Gasteiger partial charge in [-0.3, -0.25) is 4.79 Å². The summed E-state index contributed by atoms with van der Waals surface area (Å²) in [5.41, 5.74) is -0.669. The molecule has 86 valence electrons. The van der Waals surface area contributed by atoms with E-state index in [-0.39, 0.29) is 11.8 Å². The summed E-state index contributed by atoms with van der Waals surface area (Å²) in [6, 6.07) is 0. The summed E-state index contributed by atoms with van der Waals surface area (Å²) in [7, 11) is 0. The zero-order valence-electron chi connectivity index (χ0n) is 9.70. The number of rotatable bonds is 2. The molecule has 0 aromatic rings. The van der Waals surface area contributed by atoms with Gasteiger partial charge in [0.05, 0.1) is 5.60 Å². The van der Waals surface area contributed by atoms with Gasteiger partial charge in [0.1, 0.15) is 0 Å². The number of carbonyl (C=O) groups excluding carboxylic acids is 1. The lowest BCUT2D eigenvalue weighted by Gasteiger charge is -2.38. The van der Waals surface area contributed by atoms with E-state index in [1.807, 2.05) is 18.7 Å². The Balaban J connectivity index is 1.94. The van der Waals surface area contributed by atoms with Crippen molar-refractivity contribution >= 4 is 5.91 Å². The van der Waals surface area contributed by atoms with Gasteiger partial charge in [0.2, 0.25) is 5.91 Å². The van der Waals surface area contributed by atoms with E-state index in [1.54, 1.807) is 0 Å². The van der Waals surface area contributed by atoms with Crippen molar-refractivity contribution in [3.63, 3.8) is 0 Å². The monoisotopic (exact) mass is 211 g/mol. The fourth-order valence-electron chi connectivity index (χ4n) is 2.49. The summed E-state index contributed by atoms with van der Waals surface area (Å²) in [5, 5.41) is 9.94. The van der Waals surface area contributed by atoms with Gasteiger partial charge in [0.15, 0.2) is 0 Å². The van der Waals surface area contributed by atoms with Gasteiger partial charge in [0, 0.05) is 19.0 Å². The summed E-state index contributed by atoms with van der Waals surface area (Å²) in [6.07, 6.45) is 4.15. The number of hydrogen-bond acceptors (Lipinski definition) is 2. The minimum Gasteiger partial charge on any atom is -0.388 e. The molecule has 1 aliphatic carbocycles. The number of β-amino-alcohol motifs (C(OH)–C–C–N with tert-alkyl or cyclic N) is 1. The van der Waals surface area contributed by atoms with Gasteiger partial charge < -0.3 is 10.0 Å². The zero-order valence-corrected chi connectivity index (χ0v) is 9.70. The van der Waals surface area contributed by atoms with E-state index in [4.69, 9.17) is 0 Å². The summed E-state index contributed by atoms with van der Waals surface area (Å²) in [5.74, 6) is 1.03. The summed E-state index contributed by atoms with van der Waals surface area (Å²) < 4.78 is 0. The molecule has 2 rings (SSSR count). The Morgan fingerprint density at radius 2 is 2.20 bits per heavy atom. The maximum Gasteiger partial charge on any atom is 0.225 e. The van der Waals surface area contributed by atoms with Gasteiger partial charge >= 0.3 is 0 Å². The number of likely N-dealkylation sites (tertiary alicyclic amines) is 1. The average Bonchev–Trinajstić information content (AvgIpc) is 2.97. The van der Waals surface area contributed by atoms with E-state index in [1.165, 1.54) is 12.8 Å². The predicted molar refractivity (Wildman–Crippen MR) is 58.3 cm³/mol. The molecule has 15 heavy (non-hydrogen) atoms. The molecule has 2 fully saturated rings. The normalized spacial score (nSPS) is 33.9. The van der Waals surface area contributed by atoms with Crippen molar-refractivity contribution in [2.45, 2.75) is 45.1 Å². The van der Waals surface area contributed by atoms with E-state index < -0.39 is 5.60 Å². The second kappa shape index (κ2) is 3.78. The van der Waals surface area contributed by atoms with Crippen molar-refractivity contribution in [2.24, 2.45) is 11.8 Å². The Bertz CT molecular complexity index is 258. The van der Waals surface area contributed by atoms with Crippen LogP contribution < -0.4 is 0 Å². The third kappa shape index (κ3) is 2.51. The Hall–Kier alpha value is -0.570. The predicted octanol–water partition coefficient (Wildman–Crippen LogP) is 1.41. The van der Waals surface area contributed by atoms with E-state index in [2.05, 4.69) is 0 Å². The lowest BCUT2D eigenvalue weighted by molar-refractivity contribution is -0.142. The maximum atomic E-state index is 12.1. The fraction of sp³-hybridized carbons (Fsp3) is 0.917. The molecule has 1 N–H and O–H groups in total. The van der Waals surface area contributed by atoms with Crippen molar-refractivity contribution in [3.8, 4) is 0 Å². The van der Waals surface area contributed by atoms with E-state index in [9.17, 15) is 9.90 Å². The smallest absolute Gasteiger partial charge is 0.225 e. The van der Waals surface area contributed by atoms with Crippen molar-refractivity contribution < 1.29 is 9.90 Å². The van der Waals surface area contributed by atoms with Crippen LogP contribution in [0.5, 0.6) is 0 Å². The summed E-state index contributed by atoms with van der Waals surface area (Å²) in [6.45, 7) is 5.20. The Kier molecular flexibility index (Phi) is 2.75. The van der Waals surface area contributed by atoms with Crippen LogP contribution in [-0.4, -0.2) is 34.6 Å². The number of carbonyl (C=O) groups is 1. The van der Waals surface area contributed by atoms with Crippen LogP contribution >= 0.6 is 0 Å². The second-order valence-electron chi connectivity index (χ2n) is 5.49. The molecule has 2 aliphatic rings. The lowest BCUT2D eigenvalue weighted by atomic mass is 9.93. The minimum atomic E-state index is -0.669. The average molecular weight is 211 g/mol. The van der Waals surface area contributed by atoms with Crippen molar-refractivity contribution in [3.05, 3.63) is 0 Å². The highest BCUT2D eigenvalue weighted by atomic mass is 16.3. The molecule has 1 aliphatic heterocycles. The largest absolute Gasteiger partial charge is 0.388 e. The first-order valence-electron chi connectivity index (χ1n) is 6.01. The molecule has 2 unspecified atom stereocenters. The number of piperidine rings is 1. The topological polar surface area (TPSA) is 40.5 Å². The van der Waals surface area contributed by atoms with Crippen molar-refractivity contribution in [1.29, 1.82) is 0 Å². The molecule has 1 heterocycles. The molecule has 0 spiro atoms. The molecular formula is C12H21NO2. The lowest BCUT2D eigenvalue weighted by Crippen LogP contribution is -2.50. The van der Waals surface area contributed by atoms with E-state index >= 15 is 0 Å². The molecule has 3 heteroatoms. The van der Waals surface area contributed by atoms with Gasteiger partial charge in [-0.2, -0.15) is 0 Å². The molecule has 0 radical (unpaired) electrons. The van der Waals surface area contributed by atoms with Crippen LogP contribution in [0.1, 0.15) is 39.5 Å². The third-order valence-electron chi connectivity index (χ3n) is 3.71. The SMILES string of the molecule is CC(C(=O)N1CCCC(C)(O)C1)C1CC1. The Morgan fingerprint density at radius 1 is 1.53 bits per heavy atom. The van der Waals surface area contributed by atoms with Gasteiger partial charge in [-0.15, -0.1) is 0 Å². The van der Waals surface area contributed by atoms with Crippen LogP contribution in [0.2, 0.25) is 0 Å². The first-order valence-corrected chi connectivity index (χ1v) is 6.01. The molecule has 0 aromatic heterocycles. The first-order chi connectivity index (χ1) is 6.99. The number of amides is 1. The highest BCUT2D eigenvalue weighted by Crippen LogP contribution is 2.38. The molecular weight excluding hydrogens is 190 g/mol. The van der Waals surface area contributed by atoms with Crippen LogP contribution in [0, 0.1) is 11.8 Å². The van der Waals surface area contributed by atoms with Gasteiger partial charge in [0.25, 0.3) is 0 Å². The van der Waals surface area contributed by atoms with Crippen molar-refractivity contribution in [2.75, 3.05) is 13.1 Å². The van der Waals surface area contributed by atoms with E-state index in [0.29, 0.717) is 12.5 Å². The van der Waals surface area contributed by atoms with Gasteiger partial charge in [-0.05, 0) is 38.5 Å². The molecule has 2 atom stereocenters. The molecule has 0 bridgehead atoms. The molecule has 1 amide bonds. The van der Waals surface area contributed by atoms with Crippen molar-refractivity contribution in [1.82, 2.24) is 4.90 Å². The maximum absolute atomic E-state index is 12.1. The number of aliphatic hydroxyl groups is 1. The van der Waals surface area contributed by atoms with Crippen LogP contribution in [0.4, 0.5) is 0 Å². The quantitative estimate of drug-likeness (QED) is 0.750. The summed E-state index contributed by atoms with van der Waals surface area (Å²) in [4.78, 5) is 13.9. The highest BCUT2D eigenvalue weighted by Gasteiger charge is 2.38. The molecule has 1 saturated carbocycles. The Morgan fingerprint density at radius 3 is 2.73 bits per heavy atom. The number of nitrogens with zero attached hydrogens (tertiary/aromatic N) is 1. The summed E-state index contributed by atoms with van der Waals surface area (Å²) >= 11 is 0. The van der Waals surface area contributed by atoms with Gasteiger partial charge in [-0.25, -0.2) is 0 Å². The van der Waals surface area contributed by atoms with Gasteiger partial charge in [-0.1, -0.05) is 6.92 Å². The molecule has 3 nitrogen and oxygen atoms in total. The standard InChI is InChI=1S/C12H21NO2/c1-9(10-4-5-10)11(14)13-7-3-6-12(2,15)8-13/h9-10,15H,3-8H2,1-2H3. The fourth-order valence-corrected chi connectivity index (χ4v) is 2.49. The van der Waals surface area contributed by atoms with Crippen LogP contribution in [0.15, 0.2) is 0 Å². The van der Waals surface area contributed by atoms with Crippen LogP contribution in [0.25, 0.3) is 0 Å². The third-order valence-corrected chi connectivity index (χ3v) is 3.71. The highest BCUT2D eigenvalue weighted by molar-refractivity contribution is 5.79. The Labute approximate surface area is 91.5 Å². The van der Waals surface area contributed by atoms with E-state index in [0.717, 1.165) is 19.4 Å². The number of hydrogen-bond donors (Lipinski definition) is 1. The molecule has 1 saturated heterocycles. The zero-order chi connectivity index (χ0) is 11.1. The second-order valence-corrected chi connectivity index (χ2v) is 5.49. The minimum absolute atomic E-state index is 0.166. The molecule has 0 aromatic carbocycles.